The maximum absolute atomic E-state index is 12.3. The lowest BCUT2D eigenvalue weighted by Crippen LogP contribution is -2.48. The monoisotopic (exact) mass is 323 g/mol. The van der Waals surface area contributed by atoms with Gasteiger partial charge in [0.25, 0.3) is 5.91 Å². The molecule has 5 nitrogen and oxygen atoms in total. The number of nitrogens with zero attached hydrogens (tertiary/aromatic N) is 1. The first kappa shape index (κ1) is 19.7. The molecular formula is C18H33N3O2. The molecule has 2 N–H and O–H groups in total. The molecule has 0 aliphatic carbocycles. The minimum Gasteiger partial charge on any atom is -0.361 e. The summed E-state index contributed by atoms with van der Waals surface area (Å²) in [5, 5.41) is 10.5. The Morgan fingerprint density at radius 3 is 2.65 bits per heavy atom. The number of hydrogen-bond acceptors (Lipinski definition) is 4. The molecular weight excluding hydrogens is 290 g/mol. The SMILES string of the molecule is CCCCNC(C)C(C)(CCC)CNC(=O)c1cc(CC)on1. The van der Waals surface area contributed by atoms with Crippen molar-refractivity contribution in [1.29, 1.82) is 0 Å². The van der Waals surface area contributed by atoms with Crippen LogP contribution in [0.5, 0.6) is 0 Å². The molecule has 0 saturated carbocycles. The van der Waals surface area contributed by atoms with Crippen LogP contribution in [0.1, 0.15) is 76.6 Å². The van der Waals surface area contributed by atoms with Gasteiger partial charge in [-0.2, -0.15) is 0 Å². The van der Waals surface area contributed by atoms with Crippen LogP contribution < -0.4 is 10.6 Å². The summed E-state index contributed by atoms with van der Waals surface area (Å²) in [5.41, 5.74) is 0.391. The summed E-state index contributed by atoms with van der Waals surface area (Å²) in [4.78, 5) is 12.3. The van der Waals surface area contributed by atoms with Crippen LogP contribution in [0.4, 0.5) is 0 Å². The average Bonchev–Trinajstić information content (AvgIpc) is 3.02. The molecule has 1 aromatic rings. The van der Waals surface area contributed by atoms with Gasteiger partial charge in [-0.05, 0) is 31.7 Å². The Morgan fingerprint density at radius 1 is 1.35 bits per heavy atom. The Kier molecular flexibility index (Phi) is 8.31. The highest BCUT2D eigenvalue weighted by molar-refractivity contribution is 5.92. The van der Waals surface area contributed by atoms with Gasteiger partial charge >= 0.3 is 0 Å². The van der Waals surface area contributed by atoms with Gasteiger partial charge in [-0.1, -0.05) is 45.7 Å². The van der Waals surface area contributed by atoms with Gasteiger partial charge in [0, 0.05) is 25.1 Å². The van der Waals surface area contributed by atoms with Crippen molar-refractivity contribution < 1.29 is 9.32 Å². The molecule has 2 unspecified atom stereocenters. The molecule has 2 atom stereocenters. The molecule has 1 rings (SSSR count). The normalized spacial score (nSPS) is 15.2. The van der Waals surface area contributed by atoms with Crippen molar-refractivity contribution in [3.8, 4) is 0 Å². The predicted octanol–water partition coefficient (Wildman–Crippen LogP) is 3.55. The molecule has 1 amide bonds. The van der Waals surface area contributed by atoms with Gasteiger partial charge in [0.05, 0.1) is 0 Å². The molecule has 5 heteroatoms. The second-order valence-electron chi connectivity index (χ2n) is 6.65. The lowest BCUT2D eigenvalue weighted by molar-refractivity contribution is 0.0907. The first-order chi connectivity index (χ1) is 11.0. The molecule has 0 spiro atoms. The van der Waals surface area contributed by atoms with E-state index in [0.29, 0.717) is 18.3 Å². The number of nitrogens with one attached hydrogen (secondary N) is 2. The fraction of sp³-hybridized carbons (Fsp3) is 0.778. The minimum atomic E-state index is -0.156. The number of aromatic nitrogens is 1. The summed E-state index contributed by atoms with van der Waals surface area (Å²) in [6.07, 6.45) is 5.26. The number of amides is 1. The van der Waals surface area contributed by atoms with Gasteiger partial charge in [-0.3, -0.25) is 4.79 Å². The van der Waals surface area contributed by atoms with E-state index in [1.807, 2.05) is 6.92 Å². The van der Waals surface area contributed by atoms with E-state index in [0.717, 1.165) is 31.6 Å². The number of carbonyl (C=O) groups excluding carboxylic acids is 1. The van der Waals surface area contributed by atoms with Crippen LogP contribution >= 0.6 is 0 Å². The van der Waals surface area contributed by atoms with Gasteiger partial charge in [0.1, 0.15) is 5.76 Å². The molecule has 0 radical (unpaired) electrons. The van der Waals surface area contributed by atoms with E-state index in [4.69, 9.17) is 4.52 Å². The van der Waals surface area contributed by atoms with Crippen LogP contribution in [0, 0.1) is 5.41 Å². The standard InChI is InChI=1S/C18H33N3O2/c1-6-9-11-19-14(4)18(5,10-7-2)13-20-17(22)16-12-15(8-3)23-21-16/h12,14,19H,6-11,13H2,1-5H3,(H,20,22). The maximum Gasteiger partial charge on any atom is 0.273 e. The predicted molar refractivity (Wildman–Crippen MR) is 93.6 cm³/mol. The molecule has 132 valence electrons. The van der Waals surface area contributed by atoms with Crippen LogP contribution in [0.2, 0.25) is 0 Å². The van der Waals surface area contributed by atoms with Crippen LogP contribution in [0.3, 0.4) is 0 Å². The smallest absolute Gasteiger partial charge is 0.273 e. The van der Waals surface area contributed by atoms with Gasteiger partial charge in [0.15, 0.2) is 5.69 Å². The zero-order chi connectivity index (χ0) is 17.3. The molecule has 1 heterocycles. The first-order valence-electron chi connectivity index (χ1n) is 8.94. The van der Waals surface area contributed by atoms with Crippen LogP contribution in [0.25, 0.3) is 0 Å². The highest BCUT2D eigenvalue weighted by atomic mass is 16.5. The van der Waals surface area contributed by atoms with Gasteiger partial charge < -0.3 is 15.2 Å². The van der Waals surface area contributed by atoms with Crippen molar-refractivity contribution >= 4 is 5.91 Å². The second kappa shape index (κ2) is 9.71. The third-order valence-corrected chi connectivity index (χ3v) is 4.64. The zero-order valence-corrected chi connectivity index (χ0v) is 15.4. The molecule has 0 fully saturated rings. The molecule has 0 aromatic carbocycles. The van der Waals surface area contributed by atoms with E-state index in [1.165, 1.54) is 12.8 Å². The number of rotatable bonds is 11. The number of aryl methyl sites for hydroxylation is 1. The molecule has 0 aliphatic rings. The van der Waals surface area contributed by atoms with E-state index >= 15 is 0 Å². The Hall–Kier alpha value is -1.36. The summed E-state index contributed by atoms with van der Waals surface area (Å²) < 4.78 is 5.10. The highest BCUT2D eigenvalue weighted by Crippen LogP contribution is 2.27. The van der Waals surface area contributed by atoms with Gasteiger partial charge in [-0.25, -0.2) is 0 Å². The number of unbranched alkanes of at least 4 members (excludes halogenated alkanes) is 1. The highest BCUT2D eigenvalue weighted by Gasteiger charge is 2.30. The molecule has 0 aliphatic heterocycles. The van der Waals surface area contributed by atoms with Crippen LogP contribution in [-0.4, -0.2) is 30.2 Å². The zero-order valence-electron chi connectivity index (χ0n) is 15.4. The Labute approximate surface area is 140 Å². The van der Waals surface area contributed by atoms with Gasteiger partial charge in [0.2, 0.25) is 0 Å². The van der Waals surface area contributed by atoms with E-state index < -0.39 is 0 Å². The van der Waals surface area contributed by atoms with Crippen molar-refractivity contribution in [2.24, 2.45) is 5.41 Å². The third kappa shape index (κ3) is 5.98. The largest absolute Gasteiger partial charge is 0.361 e. The van der Waals surface area contributed by atoms with Crippen molar-refractivity contribution in [1.82, 2.24) is 15.8 Å². The fourth-order valence-corrected chi connectivity index (χ4v) is 2.73. The number of carbonyl (C=O) groups is 1. The minimum absolute atomic E-state index is 0.0233. The van der Waals surface area contributed by atoms with Crippen molar-refractivity contribution in [3.05, 3.63) is 17.5 Å². The Bertz CT molecular complexity index is 473. The summed E-state index contributed by atoms with van der Waals surface area (Å²) in [5.74, 6) is 0.581. The van der Waals surface area contributed by atoms with Crippen LogP contribution in [-0.2, 0) is 6.42 Å². The number of hydrogen-bond donors (Lipinski definition) is 2. The van der Waals surface area contributed by atoms with Crippen molar-refractivity contribution in [2.75, 3.05) is 13.1 Å². The fourth-order valence-electron chi connectivity index (χ4n) is 2.73. The third-order valence-electron chi connectivity index (χ3n) is 4.64. The Morgan fingerprint density at radius 2 is 2.09 bits per heavy atom. The van der Waals surface area contributed by atoms with E-state index in [1.54, 1.807) is 6.07 Å². The molecule has 0 bridgehead atoms. The quantitative estimate of drug-likeness (QED) is 0.611. The maximum atomic E-state index is 12.3. The van der Waals surface area contributed by atoms with Crippen LogP contribution in [0.15, 0.2) is 10.6 Å². The summed E-state index contributed by atoms with van der Waals surface area (Å²) in [7, 11) is 0. The molecule has 23 heavy (non-hydrogen) atoms. The van der Waals surface area contributed by atoms with E-state index in [-0.39, 0.29) is 11.3 Å². The van der Waals surface area contributed by atoms with Crippen molar-refractivity contribution in [3.63, 3.8) is 0 Å². The molecule has 1 aromatic heterocycles. The molecule has 0 saturated heterocycles. The van der Waals surface area contributed by atoms with E-state index in [9.17, 15) is 4.79 Å². The lowest BCUT2D eigenvalue weighted by atomic mass is 9.78. The van der Waals surface area contributed by atoms with Gasteiger partial charge in [-0.15, -0.1) is 0 Å². The summed E-state index contributed by atoms with van der Waals surface area (Å²) >= 11 is 0. The first-order valence-corrected chi connectivity index (χ1v) is 8.94. The van der Waals surface area contributed by atoms with Crippen molar-refractivity contribution in [2.45, 2.75) is 72.8 Å². The second-order valence-corrected chi connectivity index (χ2v) is 6.65. The van der Waals surface area contributed by atoms with E-state index in [2.05, 4.69) is 43.5 Å². The Balaban J connectivity index is 2.61. The topological polar surface area (TPSA) is 67.2 Å². The summed E-state index contributed by atoms with van der Waals surface area (Å²) in [6, 6.07) is 2.06. The summed E-state index contributed by atoms with van der Waals surface area (Å²) in [6.45, 7) is 12.5. The average molecular weight is 323 g/mol. The lowest BCUT2D eigenvalue weighted by Gasteiger charge is -2.36.